The summed E-state index contributed by atoms with van der Waals surface area (Å²) in [6, 6.07) is 11.2. The molecule has 0 bridgehead atoms. The third-order valence-corrected chi connectivity index (χ3v) is 5.70. The maximum atomic E-state index is 11.5. The topological polar surface area (TPSA) is 70.6 Å². The predicted molar refractivity (Wildman–Crippen MR) is 105 cm³/mol. The highest BCUT2D eigenvalue weighted by atomic mass is 32.2. The molecule has 0 aliphatic heterocycles. The quantitative estimate of drug-likeness (QED) is 0.573. The Kier molecular flexibility index (Phi) is 7.01. The fourth-order valence-electron chi connectivity index (χ4n) is 2.30. The van der Waals surface area contributed by atoms with E-state index in [2.05, 4.69) is 34.7 Å². The first-order valence-electron chi connectivity index (χ1n) is 8.25. The second-order valence-electron chi connectivity index (χ2n) is 5.80. The maximum absolute atomic E-state index is 11.5. The number of aryl methyl sites for hydroxylation is 1. The lowest BCUT2D eigenvalue weighted by Crippen LogP contribution is -2.38. The van der Waals surface area contributed by atoms with Crippen molar-refractivity contribution in [2.45, 2.75) is 31.7 Å². The Balaban J connectivity index is 1.88. The van der Waals surface area contributed by atoms with Crippen LogP contribution in [0, 0.1) is 6.92 Å². The standard InChI is InChI=1S/C18H25N3O2S2/c1-4-19-18(21-13-16-8-5-14(2)24-16)20-12-11-15-6-9-17(10-7-15)25(3,22)23/h5-10H,4,11-13H2,1-3H3,(H2,19,20,21). The largest absolute Gasteiger partial charge is 0.357 e. The smallest absolute Gasteiger partial charge is 0.191 e. The van der Waals surface area contributed by atoms with Crippen LogP contribution in [0.25, 0.3) is 0 Å². The van der Waals surface area contributed by atoms with Gasteiger partial charge >= 0.3 is 0 Å². The minimum Gasteiger partial charge on any atom is -0.357 e. The Hall–Kier alpha value is -1.86. The first kappa shape index (κ1) is 19.5. The molecule has 25 heavy (non-hydrogen) atoms. The molecule has 1 heterocycles. The zero-order valence-electron chi connectivity index (χ0n) is 14.9. The second kappa shape index (κ2) is 9.01. The minimum atomic E-state index is -3.14. The average molecular weight is 380 g/mol. The molecule has 5 nitrogen and oxygen atoms in total. The van der Waals surface area contributed by atoms with Gasteiger partial charge < -0.3 is 10.6 Å². The number of rotatable bonds is 7. The minimum absolute atomic E-state index is 0.352. The molecule has 2 N–H and O–H groups in total. The Labute approximate surface area is 154 Å². The normalized spacial score (nSPS) is 12.2. The van der Waals surface area contributed by atoms with Crippen LogP contribution in [0.3, 0.4) is 0 Å². The highest BCUT2D eigenvalue weighted by Crippen LogP contribution is 2.15. The molecular formula is C18H25N3O2S2. The summed E-state index contributed by atoms with van der Waals surface area (Å²) in [5, 5.41) is 6.56. The van der Waals surface area contributed by atoms with Gasteiger partial charge in [0.15, 0.2) is 15.8 Å². The van der Waals surface area contributed by atoms with Crippen molar-refractivity contribution in [3.63, 3.8) is 0 Å². The lowest BCUT2D eigenvalue weighted by molar-refractivity contribution is 0.602. The summed E-state index contributed by atoms with van der Waals surface area (Å²) >= 11 is 1.76. The number of nitrogens with zero attached hydrogens (tertiary/aromatic N) is 1. The lowest BCUT2D eigenvalue weighted by Gasteiger charge is -2.11. The Morgan fingerprint density at radius 2 is 1.84 bits per heavy atom. The zero-order chi connectivity index (χ0) is 18.3. The summed E-state index contributed by atoms with van der Waals surface area (Å²) in [6.07, 6.45) is 2.02. The van der Waals surface area contributed by atoms with Crippen LogP contribution in [-0.2, 0) is 22.8 Å². The molecule has 0 aliphatic rings. The van der Waals surface area contributed by atoms with Crippen LogP contribution in [0.15, 0.2) is 46.3 Å². The van der Waals surface area contributed by atoms with Crippen molar-refractivity contribution < 1.29 is 8.42 Å². The molecule has 0 fully saturated rings. The molecule has 7 heteroatoms. The van der Waals surface area contributed by atoms with Crippen LogP contribution in [0.1, 0.15) is 22.2 Å². The van der Waals surface area contributed by atoms with Crippen molar-refractivity contribution in [3.05, 3.63) is 51.7 Å². The first-order chi connectivity index (χ1) is 11.9. The number of aliphatic imine (C=N–C) groups is 1. The molecule has 2 rings (SSSR count). The monoisotopic (exact) mass is 379 g/mol. The fraction of sp³-hybridized carbons (Fsp3) is 0.389. The zero-order valence-corrected chi connectivity index (χ0v) is 16.5. The summed E-state index contributed by atoms with van der Waals surface area (Å²) in [4.78, 5) is 7.49. The van der Waals surface area contributed by atoms with E-state index in [1.807, 2.05) is 19.1 Å². The van der Waals surface area contributed by atoms with Crippen molar-refractivity contribution in [1.29, 1.82) is 0 Å². The van der Waals surface area contributed by atoms with Gasteiger partial charge in [0, 0.05) is 29.1 Å². The first-order valence-corrected chi connectivity index (χ1v) is 11.0. The number of guanidine groups is 1. The molecule has 0 spiro atoms. The third-order valence-electron chi connectivity index (χ3n) is 3.59. The van der Waals surface area contributed by atoms with E-state index >= 15 is 0 Å². The van der Waals surface area contributed by atoms with Gasteiger partial charge in [-0.15, -0.1) is 11.3 Å². The van der Waals surface area contributed by atoms with Gasteiger partial charge in [-0.3, -0.25) is 0 Å². The van der Waals surface area contributed by atoms with E-state index in [9.17, 15) is 8.42 Å². The molecule has 2 aromatic rings. The van der Waals surface area contributed by atoms with Crippen molar-refractivity contribution in [3.8, 4) is 0 Å². The molecule has 0 saturated heterocycles. The number of thiophene rings is 1. The van der Waals surface area contributed by atoms with Crippen LogP contribution in [0.4, 0.5) is 0 Å². The van der Waals surface area contributed by atoms with E-state index in [1.54, 1.807) is 23.5 Å². The van der Waals surface area contributed by atoms with E-state index in [0.29, 0.717) is 11.4 Å². The Bertz CT molecular complexity index is 809. The van der Waals surface area contributed by atoms with Crippen LogP contribution in [0.5, 0.6) is 0 Å². The molecule has 0 unspecified atom stereocenters. The number of benzene rings is 1. The number of sulfone groups is 1. The summed E-state index contributed by atoms with van der Waals surface area (Å²) in [5.74, 6) is 0.793. The molecule has 136 valence electrons. The van der Waals surface area contributed by atoms with Gasteiger partial charge in [0.1, 0.15) is 0 Å². The van der Waals surface area contributed by atoms with Gasteiger partial charge in [-0.1, -0.05) is 12.1 Å². The van der Waals surface area contributed by atoms with Gasteiger partial charge in [-0.25, -0.2) is 13.4 Å². The van der Waals surface area contributed by atoms with Crippen molar-refractivity contribution >= 4 is 27.1 Å². The molecule has 0 radical (unpaired) electrons. The van der Waals surface area contributed by atoms with E-state index in [4.69, 9.17) is 0 Å². The van der Waals surface area contributed by atoms with Gasteiger partial charge in [0.2, 0.25) is 0 Å². The molecule has 1 aromatic carbocycles. The van der Waals surface area contributed by atoms with Crippen LogP contribution in [-0.4, -0.2) is 33.7 Å². The third kappa shape index (κ3) is 6.51. The van der Waals surface area contributed by atoms with Crippen LogP contribution in [0.2, 0.25) is 0 Å². The maximum Gasteiger partial charge on any atom is 0.191 e. The fourth-order valence-corrected chi connectivity index (χ4v) is 3.74. The van der Waals surface area contributed by atoms with Gasteiger partial charge in [-0.2, -0.15) is 0 Å². The van der Waals surface area contributed by atoms with Gasteiger partial charge in [-0.05, 0) is 50.1 Å². The predicted octanol–water partition coefficient (Wildman–Crippen LogP) is 2.76. The number of hydrogen-bond acceptors (Lipinski definition) is 4. The Morgan fingerprint density at radius 3 is 2.40 bits per heavy atom. The summed E-state index contributed by atoms with van der Waals surface area (Å²) in [7, 11) is -3.14. The lowest BCUT2D eigenvalue weighted by atomic mass is 10.1. The van der Waals surface area contributed by atoms with E-state index in [1.165, 1.54) is 16.0 Å². The molecular weight excluding hydrogens is 354 g/mol. The van der Waals surface area contributed by atoms with Gasteiger partial charge in [0.05, 0.1) is 11.4 Å². The van der Waals surface area contributed by atoms with E-state index < -0.39 is 9.84 Å². The second-order valence-corrected chi connectivity index (χ2v) is 9.19. The molecule has 0 saturated carbocycles. The summed E-state index contributed by atoms with van der Waals surface area (Å²) in [5.41, 5.74) is 1.09. The molecule has 0 aliphatic carbocycles. The molecule has 0 amide bonds. The number of hydrogen-bond donors (Lipinski definition) is 2. The molecule has 1 aromatic heterocycles. The summed E-state index contributed by atoms with van der Waals surface area (Å²) in [6.45, 7) is 6.33. The van der Waals surface area contributed by atoms with Crippen molar-refractivity contribution in [2.24, 2.45) is 4.99 Å². The SMILES string of the molecule is CCNC(=NCc1ccc(C)s1)NCCc1ccc(S(C)(=O)=O)cc1. The number of nitrogens with one attached hydrogen (secondary N) is 2. The van der Waals surface area contributed by atoms with Crippen molar-refractivity contribution in [1.82, 2.24) is 10.6 Å². The molecule has 0 atom stereocenters. The van der Waals surface area contributed by atoms with Gasteiger partial charge in [0.25, 0.3) is 0 Å². The van der Waals surface area contributed by atoms with Crippen LogP contribution < -0.4 is 10.6 Å². The van der Waals surface area contributed by atoms with E-state index in [-0.39, 0.29) is 0 Å². The van der Waals surface area contributed by atoms with Crippen molar-refractivity contribution in [2.75, 3.05) is 19.3 Å². The van der Waals surface area contributed by atoms with E-state index in [0.717, 1.165) is 31.0 Å². The highest BCUT2D eigenvalue weighted by Gasteiger charge is 2.06. The summed E-state index contributed by atoms with van der Waals surface area (Å²) < 4.78 is 22.9. The highest BCUT2D eigenvalue weighted by molar-refractivity contribution is 7.90. The van der Waals surface area contributed by atoms with Crippen LogP contribution >= 0.6 is 11.3 Å². The Morgan fingerprint density at radius 1 is 1.12 bits per heavy atom. The average Bonchev–Trinajstić information content (AvgIpc) is 2.98.